The van der Waals surface area contributed by atoms with Crippen LogP contribution in [-0.2, 0) is 12.8 Å². The normalized spacial score (nSPS) is 10.7. The number of rotatable bonds is 7. The van der Waals surface area contributed by atoms with E-state index >= 15 is 0 Å². The summed E-state index contributed by atoms with van der Waals surface area (Å²) in [5, 5.41) is 0. The second-order valence-electron chi connectivity index (χ2n) is 3.93. The summed E-state index contributed by atoms with van der Waals surface area (Å²) in [5.41, 5.74) is 0. The molecule has 0 aliphatic heterocycles. The van der Waals surface area contributed by atoms with Crippen LogP contribution in [0.2, 0.25) is 0 Å². The van der Waals surface area contributed by atoms with Crippen molar-refractivity contribution >= 4 is 0 Å². The van der Waals surface area contributed by atoms with Gasteiger partial charge in [-0.25, -0.2) is 0 Å². The standard InChI is InChI=1S/C13H22O/c1-3-5-7-9-13-11-10-12(14-13)8-6-4-2/h10-11H,3-9H2,1-2H3. The van der Waals surface area contributed by atoms with Gasteiger partial charge < -0.3 is 4.42 Å². The van der Waals surface area contributed by atoms with Crippen LogP contribution in [0.3, 0.4) is 0 Å². The van der Waals surface area contributed by atoms with E-state index in [1.807, 2.05) is 0 Å². The van der Waals surface area contributed by atoms with E-state index in [1.54, 1.807) is 0 Å². The van der Waals surface area contributed by atoms with Gasteiger partial charge in [-0.3, -0.25) is 0 Å². The first-order chi connectivity index (χ1) is 6.86. The molecule has 0 amide bonds. The van der Waals surface area contributed by atoms with Gasteiger partial charge in [0, 0.05) is 12.8 Å². The third kappa shape index (κ3) is 3.99. The topological polar surface area (TPSA) is 13.1 Å². The van der Waals surface area contributed by atoms with E-state index in [4.69, 9.17) is 4.42 Å². The lowest BCUT2D eigenvalue weighted by molar-refractivity contribution is 0.451. The van der Waals surface area contributed by atoms with Crippen LogP contribution in [0.4, 0.5) is 0 Å². The SMILES string of the molecule is CCCCCc1ccc(CCCC)o1. The minimum absolute atomic E-state index is 1.10. The third-order valence-electron chi connectivity index (χ3n) is 2.52. The zero-order chi connectivity index (χ0) is 10.2. The number of unbranched alkanes of at least 4 members (excludes halogenated alkanes) is 3. The second kappa shape index (κ2) is 6.69. The fourth-order valence-corrected chi connectivity index (χ4v) is 1.59. The fraction of sp³-hybridized carbons (Fsp3) is 0.692. The van der Waals surface area contributed by atoms with Crippen LogP contribution < -0.4 is 0 Å². The van der Waals surface area contributed by atoms with Crippen LogP contribution >= 0.6 is 0 Å². The van der Waals surface area contributed by atoms with Crippen LogP contribution in [0.15, 0.2) is 16.5 Å². The van der Waals surface area contributed by atoms with E-state index in [1.165, 1.54) is 43.6 Å². The average Bonchev–Trinajstić information content (AvgIpc) is 2.63. The summed E-state index contributed by atoms with van der Waals surface area (Å²) in [6.07, 6.45) is 8.55. The highest BCUT2D eigenvalue weighted by Crippen LogP contribution is 2.13. The Balaban J connectivity index is 2.27. The van der Waals surface area contributed by atoms with Crippen LogP contribution in [0.25, 0.3) is 0 Å². The number of hydrogen-bond acceptors (Lipinski definition) is 1. The summed E-state index contributed by atoms with van der Waals surface area (Å²) in [6.45, 7) is 4.44. The molecule has 1 rings (SSSR count). The van der Waals surface area contributed by atoms with Gasteiger partial charge in [0.05, 0.1) is 0 Å². The van der Waals surface area contributed by atoms with Crippen LogP contribution in [0.1, 0.15) is 57.5 Å². The van der Waals surface area contributed by atoms with Gasteiger partial charge in [-0.15, -0.1) is 0 Å². The second-order valence-corrected chi connectivity index (χ2v) is 3.93. The van der Waals surface area contributed by atoms with Gasteiger partial charge in [0.25, 0.3) is 0 Å². The lowest BCUT2D eigenvalue weighted by Gasteiger charge is -1.96. The predicted octanol–water partition coefficient (Wildman–Crippen LogP) is 4.35. The lowest BCUT2D eigenvalue weighted by atomic mass is 10.2. The molecule has 0 radical (unpaired) electrons. The van der Waals surface area contributed by atoms with Crippen molar-refractivity contribution in [1.82, 2.24) is 0 Å². The van der Waals surface area contributed by atoms with Crippen LogP contribution in [0.5, 0.6) is 0 Å². The van der Waals surface area contributed by atoms with Crippen molar-refractivity contribution in [3.05, 3.63) is 23.7 Å². The molecule has 0 saturated heterocycles. The summed E-state index contributed by atoms with van der Waals surface area (Å²) < 4.78 is 5.73. The Hall–Kier alpha value is -0.720. The molecule has 1 heteroatoms. The number of aryl methyl sites for hydroxylation is 2. The summed E-state index contributed by atoms with van der Waals surface area (Å²) in [7, 11) is 0. The molecule has 0 atom stereocenters. The number of furan rings is 1. The van der Waals surface area contributed by atoms with Crippen molar-refractivity contribution in [3.63, 3.8) is 0 Å². The van der Waals surface area contributed by atoms with Gasteiger partial charge in [0.1, 0.15) is 11.5 Å². The molecule has 14 heavy (non-hydrogen) atoms. The Morgan fingerprint density at radius 3 is 2.00 bits per heavy atom. The van der Waals surface area contributed by atoms with E-state index in [-0.39, 0.29) is 0 Å². The van der Waals surface area contributed by atoms with E-state index in [2.05, 4.69) is 26.0 Å². The monoisotopic (exact) mass is 194 g/mol. The predicted molar refractivity (Wildman–Crippen MR) is 60.5 cm³/mol. The summed E-state index contributed by atoms with van der Waals surface area (Å²) in [5.74, 6) is 2.34. The molecule has 80 valence electrons. The summed E-state index contributed by atoms with van der Waals surface area (Å²) in [6, 6.07) is 4.28. The van der Waals surface area contributed by atoms with E-state index in [9.17, 15) is 0 Å². The van der Waals surface area contributed by atoms with Crippen LogP contribution in [0, 0.1) is 0 Å². The molecule has 0 bridgehead atoms. The summed E-state index contributed by atoms with van der Waals surface area (Å²) in [4.78, 5) is 0. The van der Waals surface area contributed by atoms with Gasteiger partial charge in [-0.1, -0.05) is 33.1 Å². The Morgan fingerprint density at radius 1 is 0.857 bits per heavy atom. The molecule has 0 aliphatic carbocycles. The molecular formula is C13H22O. The first-order valence-electron chi connectivity index (χ1n) is 5.94. The molecule has 0 fully saturated rings. The molecule has 0 N–H and O–H groups in total. The highest BCUT2D eigenvalue weighted by Gasteiger charge is 2.00. The Labute approximate surface area is 87.5 Å². The van der Waals surface area contributed by atoms with Crippen LogP contribution in [-0.4, -0.2) is 0 Å². The first-order valence-corrected chi connectivity index (χ1v) is 5.94. The van der Waals surface area contributed by atoms with Gasteiger partial charge in [0.2, 0.25) is 0 Å². The largest absolute Gasteiger partial charge is 0.466 e. The zero-order valence-electron chi connectivity index (χ0n) is 9.51. The van der Waals surface area contributed by atoms with E-state index < -0.39 is 0 Å². The van der Waals surface area contributed by atoms with Gasteiger partial charge in [-0.2, -0.15) is 0 Å². The molecule has 1 nitrogen and oxygen atoms in total. The molecule has 0 saturated carbocycles. The Morgan fingerprint density at radius 2 is 1.43 bits per heavy atom. The van der Waals surface area contributed by atoms with Crippen molar-refractivity contribution in [1.29, 1.82) is 0 Å². The summed E-state index contributed by atoms with van der Waals surface area (Å²) >= 11 is 0. The molecule has 0 aliphatic rings. The maximum atomic E-state index is 5.73. The smallest absolute Gasteiger partial charge is 0.104 e. The molecule has 1 heterocycles. The van der Waals surface area contributed by atoms with Gasteiger partial charge >= 0.3 is 0 Å². The average molecular weight is 194 g/mol. The lowest BCUT2D eigenvalue weighted by Crippen LogP contribution is -1.82. The Bertz CT molecular complexity index is 237. The van der Waals surface area contributed by atoms with Crippen molar-refractivity contribution in [3.8, 4) is 0 Å². The van der Waals surface area contributed by atoms with E-state index in [0.29, 0.717) is 0 Å². The van der Waals surface area contributed by atoms with E-state index in [0.717, 1.165) is 12.8 Å². The minimum Gasteiger partial charge on any atom is -0.466 e. The van der Waals surface area contributed by atoms with Gasteiger partial charge in [0.15, 0.2) is 0 Å². The highest BCUT2D eigenvalue weighted by atomic mass is 16.3. The molecular weight excluding hydrogens is 172 g/mol. The molecule has 0 aromatic carbocycles. The quantitative estimate of drug-likeness (QED) is 0.588. The molecule has 0 unspecified atom stereocenters. The van der Waals surface area contributed by atoms with Crippen molar-refractivity contribution in [2.45, 2.75) is 58.8 Å². The Kier molecular flexibility index (Phi) is 5.43. The molecule has 0 spiro atoms. The highest BCUT2D eigenvalue weighted by molar-refractivity contribution is 5.07. The molecule has 1 aromatic rings. The first kappa shape index (κ1) is 11.4. The van der Waals surface area contributed by atoms with Crippen molar-refractivity contribution in [2.24, 2.45) is 0 Å². The van der Waals surface area contributed by atoms with Crippen molar-refractivity contribution in [2.75, 3.05) is 0 Å². The fourth-order valence-electron chi connectivity index (χ4n) is 1.59. The number of hydrogen-bond donors (Lipinski definition) is 0. The molecule has 1 aromatic heterocycles. The maximum Gasteiger partial charge on any atom is 0.104 e. The minimum atomic E-state index is 1.10. The zero-order valence-corrected chi connectivity index (χ0v) is 9.51. The third-order valence-corrected chi connectivity index (χ3v) is 2.52. The van der Waals surface area contributed by atoms with Gasteiger partial charge in [-0.05, 0) is 25.0 Å². The maximum absolute atomic E-state index is 5.73. The van der Waals surface area contributed by atoms with Crippen molar-refractivity contribution < 1.29 is 4.42 Å².